The maximum atomic E-state index is 12.9. The van der Waals surface area contributed by atoms with Crippen LogP contribution in [-0.4, -0.2) is 57.3 Å². The summed E-state index contributed by atoms with van der Waals surface area (Å²) < 4.78 is 16.7. The van der Waals surface area contributed by atoms with E-state index in [-0.39, 0.29) is 18.1 Å². The first-order valence-corrected chi connectivity index (χ1v) is 8.07. The van der Waals surface area contributed by atoms with Gasteiger partial charge in [0.25, 0.3) is 5.91 Å². The second-order valence-electron chi connectivity index (χ2n) is 5.96. The molecule has 2 atom stereocenters. The molecule has 2 aromatic heterocycles. The third kappa shape index (κ3) is 2.80. The highest BCUT2D eigenvalue weighted by Crippen LogP contribution is 2.31. The SMILES string of the molecule is Cc1nc([C@@H]2CN(C(=O)c3ncoc3[C@@H]3CCCO3)CCO2)n[nH]1. The Balaban J connectivity index is 1.51. The molecule has 0 saturated carbocycles. The monoisotopic (exact) mass is 333 g/mol. The van der Waals surface area contributed by atoms with Crippen LogP contribution in [0.25, 0.3) is 0 Å². The summed E-state index contributed by atoms with van der Waals surface area (Å²) in [4.78, 5) is 23.0. The lowest BCUT2D eigenvalue weighted by atomic mass is 10.1. The van der Waals surface area contributed by atoms with Gasteiger partial charge in [0.2, 0.25) is 0 Å². The van der Waals surface area contributed by atoms with Gasteiger partial charge in [-0.15, -0.1) is 0 Å². The molecule has 2 saturated heterocycles. The third-order valence-electron chi connectivity index (χ3n) is 4.28. The Hall–Kier alpha value is -2.26. The molecule has 4 rings (SSSR count). The summed E-state index contributed by atoms with van der Waals surface area (Å²) in [6, 6.07) is 0. The van der Waals surface area contributed by atoms with Crippen molar-refractivity contribution in [1.82, 2.24) is 25.1 Å². The number of oxazole rings is 1. The van der Waals surface area contributed by atoms with Crippen molar-refractivity contribution in [3.8, 4) is 0 Å². The van der Waals surface area contributed by atoms with Crippen LogP contribution in [0.5, 0.6) is 0 Å². The zero-order chi connectivity index (χ0) is 16.5. The number of hydrogen-bond donors (Lipinski definition) is 1. The van der Waals surface area contributed by atoms with Crippen molar-refractivity contribution in [2.45, 2.75) is 32.0 Å². The summed E-state index contributed by atoms with van der Waals surface area (Å²) in [7, 11) is 0. The molecule has 0 spiro atoms. The van der Waals surface area contributed by atoms with Gasteiger partial charge in [0.15, 0.2) is 23.7 Å². The van der Waals surface area contributed by atoms with Crippen LogP contribution >= 0.6 is 0 Å². The molecule has 4 heterocycles. The Bertz CT molecular complexity index is 721. The highest BCUT2D eigenvalue weighted by molar-refractivity contribution is 5.93. The highest BCUT2D eigenvalue weighted by atomic mass is 16.5. The molecule has 128 valence electrons. The summed E-state index contributed by atoms with van der Waals surface area (Å²) in [5.41, 5.74) is 0.328. The molecule has 1 amide bonds. The maximum absolute atomic E-state index is 12.9. The fraction of sp³-hybridized carbons (Fsp3) is 0.600. The van der Waals surface area contributed by atoms with E-state index >= 15 is 0 Å². The average Bonchev–Trinajstić information content (AvgIpc) is 3.34. The number of hydrogen-bond acceptors (Lipinski definition) is 7. The van der Waals surface area contributed by atoms with Gasteiger partial charge in [-0.05, 0) is 19.8 Å². The highest BCUT2D eigenvalue weighted by Gasteiger charge is 2.33. The topological polar surface area (TPSA) is 106 Å². The molecule has 0 bridgehead atoms. The van der Waals surface area contributed by atoms with Crippen LogP contribution in [0, 0.1) is 6.92 Å². The molecule has 1 N–H and O–H groups in total. The number of aryl methyl sites for hydroxylation is 1. The van der Waals surface area contributed by atoms with Gasteiger partial charge < -0.3 is 18.8 Å². The fourth-order valence-corrected chi connectivity index (χ4v) is 3.07. The predicted octanol–water partition coefficient (Wildman–Crippen LogP) is 1.17. The first-order valence-electron chi connectivity index (χ1n) is 8.07. The minimum atomic E-state index is -0.342. The van der Waals surface area contributed by atoms with Gasteiger partial charge in [-0.2, -0.15) is 5.10 Å². The molecule has 2 aliphatic heterocycles. The van der Waals surface area contributed by atoms with Gasteiger partial charge in [0.05, 0.1) is 13.2 Å². The van der Waals surface area contributed by atoms with Crippen molar-refractivity contribution in [2.75, 3.05) is 26.3 Å². The molecular weight excluding hydrogens is 314 g/mol. The van der Waals surface area contributed by atoms with E-state index in [1.54, 1.807) is 4.90 Å². The van der Waals surface area contributed by atoms with E-state index in [9.17, 15) is 4.79 Å². The Labute approximate surface area is 138 Å². The molecule has 2 aromatic rings. The summed E-state index contributed by atoms with van der Waals surface area (Å²) >= 11 is 0. The molecule has 9 nitrogen and oxygen atoms in total. The minimum Gasteiger partial charge on any atom is -0.445 e. The molecule has 0 aliphatic carbocycles. The van der Waals surface area contributed by atoms with E-state index in [0.29, 0.717) is 49.4 Å². The molecule has 0 unspecified atom stereocenters. The van der Waals surface area contributed by atoms with Gasteiger partial charge in [-0.25, -0.2) is 9.97 Å². The molecule has 2 aliphatic rings. The molecule has 9 heteroatoms. The normalized spacial score (nSPS) is 24.5. The second-order valence-corrected chi connectivity index (χ2v) is 5.96. The fourth-order valence-electron chi connectivity index (χ4n) is 3.07. The molecular formula is C15H19N5O4. The molecule has 0 radical (unpaired) electrons. The van der Waals surface area contributed by atoms with Gasteiger partial charge in [-0.1, -0.05) is 0 Å². The van der Waals surface area contributed by atoms with Gasteiger partial charge in [-0.3, -0.25) is 9.89 Å². The number of amides is 1. The smallest absolute Gasteiger partial charge is 0.276 e. The standard InChI is InChI=1S/C15H19N5O4/c1-9-17-14(19-18-9)11-7-20(4-6-23-11)15(21)12-13(24-8-16-12)10-3-2-5-22-10/h8,10-11H,2-7H2,1H3,(H,17,18,19)/t10-,11-/m0/s1. The second kappa shape index (κ2) is 6.33. The van der Waals surface area contributed by atoms with Gasteiger partial charge in [0.1, 0.15) is 18.0 Å². The van der Waals surface area contributed by atoms with E-state index in [4.69, 9.17) is 13.9 Å². The lowest BCUT2D eigenvalue weighted by Crippen LogP contribution is -2.43. The Kier molecular flexibility index (Phi) is 4.03. The summed E-state index contributed by atoms with van der Waals surface area (Å²) in [5, 5.41) is 6.92. The largest absolute Gasteiger partial charge is 0.445 e. The number of carbonyl (C=O) groups is 1. The van der Waals surface area contributed by atoms with Crippen LogP contribution in [-0.2, 0) is 9.47 Å². The van der Waals surface area contributed by atoms with E-state index in [2.05, 4.69) is 20.2 Å². The van der Waals surface area contributed by atoms with Crippen molar-refractivity contribution in [3.05, 3.63) is 29.5 Å². The van der Waals surface area contributed by atoms with Crippen molar-refractivity contribution in [1.29, 1.82) is 0 Å². The van der Waals surface area contributed by atoms with Crippen LogP contribution < -0.4 is 0 Å². The van der Waals surface area contributed by atoms with Gasteiger partial charge in [0, 0.05) is 13.2 Å². The lowest BCUT2D eigenvalue weighted by molar-refractivity contribution is -0.0270. The van der Waals surface area contributed by atoms with Crippen molar-refractivity contribution in [2.24, 2.45) is 0 Å². The van der Waals surface area contributed by atoms with E-state index in [1.807, 2.05) is 6.92 Å². The summed E-state index contributed by atoms with van der Waals surface area (Å²) in [5.74, 6) is 1.63. The first-order chi connectivity index (χ1) is 11.7. The Morgan fingerprint density at radius 3 is 2.96 bits per heavy atom. The average molecular weight is 333 g/mol. The zero-order valence-electron chi connectivity index (χ0n) is 13.4. The van der Waals surface area contributed by atoms with Crippen LogP contribution in [0.2, 0.25) is 0 Å². The van der Waals surface area contributed by atoms with Crippen LogP contribution in [0.1, 0.15) is 52.9 Å². The zero-order valence-corrected chi connectivity index (χ0v) is 13.4. The van der Waals surface area contributed by atoms with Gasteiger partial charge >= 0.3 is 0 Å². The van der Waals surface area contributed by atoms with Crippen LogP contribution in [0.4, 0.5) is 0 Å². The maximum Gasteiger partial charge on any atom is 0.276 e. The van der Waals surface area contributed by atoms with Crippen molar-refractivity contribution >= 4 is 5.91 Å². The summed E-state index contributed by atoms with van der Waals surface area (Å²) in [6.07, 6.45) is 2.59. The minimum absolute atomic E-state index is 0.171. The number of aromatic amines is 1. The number of aromatic nitrogens is 4. The van der Waals surface area contributed by atoms with E-state index in [0.717, 1.165) is 12.8 Å². The Morgan fingerprint density at radius 2 is 2.21 bits per heavy atom. The van der Waals surface area contributed by atoms with Crippen molar-refractivity contribution in [3.63, 3.8) is 0 Å². The van der Waals surface area contributed by atoms with Crippen molar-refractivity contribution < 1.29 is 18.7 Å². The van der Waals surface area contributed by atoms with Crippen LogP contribution in [0.15, 0.2) is 10.8 Å². The molecule has 0 aromatic carbocycles. The van der Waals surface area contributed by atoms with E-state index < -0.39 is 0 Å². The molecule has 24 heavy (non-hydrogen) atoms. The van der Waals surface area contributed by atoms with E-state index in [1.165, 1.54) is 6.39 Å². The number of morpholine rings is 1. The quantitative estimate of drug-likeness (QED) is 0.898. The number of ether oxygens (including phenoxy) is 2. The number of nitrogens with one attached hydrogen (secondary N) is 1. The third-order valence-corrected chi connectivity index (χ3v) is 4.28. The number of rotatable bonds is 3. The summed E-state index contributed by atoms with van der Waals surface area (Å²) in [6.45, 7) is 3.82. The van der Waals surface area contributed by atoms with Crippen LogP contribution in [0.3, 0.4) is 0 Å². The number of carbonyl (C=O) groups excluding carboxylic acids is 1. The first kappa shape index (κ1) is 15.3. The number of H-pyrrole nitrogens is 1. The molecule has 2 fully saturated rings. The number of nitrogens with zero attached hydrogens (tertiary/aromatic N) is 4. The Morgan fingerprint density at radius 1 is 1.33 bits per heavy atom. The predicted molar refractivity (Wildman–Crippen MR) is 80.1 cm³/mol. The lowest BCUT2D eigenvalue weighted by Gasteiger charge is -2.31.